The molecule has 0 aliphatic carbocycles. The van der Waals surface area contributed by atoms with Gasteiger partial charge in [0.15, 0.2) is 5.96 Å². The van der Waals surface area contributed by atoms with Crippen molar-refractivity contribution in [3.63, 3.8) is 0 Å². The first-order valence-electron chi connectivity index (χ1n) is 7.63. The van der Waals surface area contributed by atoms with Crippen LogP contribution in [-0.4, -0.2) is 57.4 Å². The predicted molar refractivity (Wildman–Crippen MR) is 103 cm³/mol. The van der Waals surface area contributed by atoms with Crippen molar-refractivity contribution in [1.29, 1.82) is 0 Å². The van der Waals surface area contributed by atoms with Gasteiger partial charge in [-0.05, 0) is 37.8 Å². The molecule has 0 fully saturated rings. The molecule has 0 heterocycles. The molecule has 8 heteroatoms. The standard InChI is InChI=1S/C16H28N4O2S2/c1-16(2,23-6)12-19-15(17-3)18-11-13-7-9-14(10-8-13)24(21,22)20(4)5/h7-10H,11-12H2,1-6H3,(H2,17,18,19). The summed E-state index contributed by atoms with van der Waals surface area (Å²) in [5, 5.41) is 6.53. The van der Waals surface area contributed by atoms with Crippen molar-refractivity contribution < 1.29 is 8.42 Å². The van der Waals surface area contributed by atoms with Gasteiger partial charge in [-0.25, -0.2) is 12.7 Å². The number of nitrogens with zero attached hydrogens (tertiary/aromatic N) is 2. The fourth-order valence-corrected chi connectivity index (χ4v) is 2.88. The van der Waals surface area contributed by atoms with Gasteiger partial charge in [-0.15, -0.1) is 0 Å². The Labute approximate surface area is 150 Å². The summed E-state index contributed by atoms with van der Waals surface area (Å²) < 4.78 is 25.4. The molecule has 0 amide bonds. The second kappa shape index (κ2) is 8.73. The zero-order valence-electron chi connectivity index (χ0n) is 15.3. The molecule has 0 bridgehead atoms. The summed E-state index contributed by atoms with van der Waals surface area (Å²) in [4.78, 5) is 4.50. The van der Waals surface area contributed by atoms with Gasteiger partial charge in [0, 0.05) is 39.0 Å². The maximum atomic E-state index is 12.0. The maximum absolute atomic E-state index is 12.0. The van der Waals surface area contributed by atoms with E-state index in [9.17, 15) is 8.42 Å². The number of aliphatic imine (C=N–C) groups is 1. The molecule has 0 atom stereocenters. The van der Waals surface area contributed by atoms with E-state index >= 15 is 0 Å². The average molecular weight is 373 g/mol. The van der Waals surface area contributed by atoms with Crippen LogP contribution < -0.4 is 10.6 Å². The molecule has 0 saturated carbocycles. The first-order chi connectivity index (χ1) is 11.1. The number of thioether (sulfide) groups is 1. The molecule has 0 unspecified atom stereocenters. The lowest BCUT2D eigenvalue weighted by molar-refractivity contribution is 0.520. The molecule has 0 saturated heterocycles. The molecule has 0 radical (unpaired) electrons. The zero-order valence-corrected chi connectivity index (χ0v) is 16.9. The van der Waals surface area contributed by atoms with Crippen molar-refractivity contribution in [1.82, 2.24) is 14.9 Å². The molecule has 1 rings (SSSR count). The van der Waals surface area contributed by atoms with Crippen LogP contribution in [0.3, 0.4) is 0 Å². The maximum Gasteiger partial charge on any atom is 0.242 e. The molecule has 136 valence electrons. The molecule has 6 nitrogen and oxygen atoms in total. The number of guanidine groups is 1. The number of benzene rings is 1. The van der Waals surface area contributed by atoms with Crippen LogP contribution in [0.2, 0.25) is 0 Å². The zero-order chi connectivity index (χ0) is 18.4. The Bertz CT molecular complexity index is 653. The summed E-state index contributed by atoms with van der Waals surface area (Å²) in [5.41, 5.74) is 0.986. The molecule has 0 spiro atoms. The SMILES string of the molecule is CN=C(NCc1ccc(S(=O)(=O)N(C)C)cc1)NCC(C)(C)SC. The third-order valence-electron chi connectivity index (χ3n) is 3.62. The Hall–Kier alpha value is -1.25. The van der Waals surface area contributed by atoms with Gasteiger partial charge < -0.3 is 10.6 Å². The highest BCUT2D eigenvalue weighted by Crippen LogP contribution is 2.19. The topological polar surface area (TPSA) is 73.8 Å². The minimum atomic E-state index is -3.38. The number of rotatable bonds is 7. The van der Waals surface area contributed by atoms with Crippen molar-refractivity contribution in [2.75, 3.05) is 33.9 Å². The smallest absolute Gasteiger partial charge is 0.242 e. The normalized spacial score (nSPS) is 13.2. The summed E-state index contributed by atoms with van der Waals surface area (Å²) in [6.07, 6.45) is 2.08. The van der Waals surface area contributed by atoms with Crippen molar-refractivity contribution in [2.45, 2.75) is 30.0 Å². The Morgan fingerprint density at radius 1 is 1.21 bits per heavy atom. The van der Waals surface area contributed by atoms with E-state index in [1.165, 1.54) is 18.4 Å². The lowest BCUT2D eigenvalue weighted by Crippen LogP contribution is -2.42. The molecule has 24 heavy (non-hydrogen) atoms. The van der Waals surface area contributed by atoms with Crippen LogP contribution in [0.4, 0.5) is 0 Å². The van der Waals surface area contributed by atoms with Gasteiger partial charge in [-0.3, -0.25) is 4.99 Å². The minimum absolute atomic E-state index is 0.125. The first-order valence-corrected chi connectivity index (χ1v) is 10.3. The largest absolute Gasteiger partial charge is 0.355 e. The summed E-state index contributed by atoms with van der Waals surface area (Å²) in [6.45, 7) is 5.71. The van der Waals surface area contributed by atoms with E-state index in [4.69, 9.17) is 0 Å². The summed E-state index contributed by atoms with van der Waals surface area (Å²) in [6, 6.07) is 6.86. The van der Waals surface area contributed by atoms with Crippen LogP contribution >= 0.6 is 11.8 Å². The highest BCUT2D eigenvalue weighted by molar-refractivity contribution is 7.99. The highest BCUT2D eigenvalue weighted by atomic mass is 32.2. The van der Waals surface area contributed by atoms with Gasteiger partial charge in [0.05, 0.1) is 4.90 Å². The van der Waals surface area contributed by atoms with Crippen molar-refractivity contribution in [3.05, 3.63) is 29.8 Å². The number of sulfonamides is 1. The van der Waals surface area contributed by atoms with E-state index in [-0.39, 0.29) is 4.75 Å². The number of hydrogen-bond donors (Lipinski definition) is 2. The Morgan fingerprint density at radius 2 is 1.79 bits per heavy atom. The molecular weight excluding hydrogens is 344 g/mol. The van der Waals surface area contributed by atoms with Gasteiger partial charge in [-0.2, -0.15) is 11.8 Å². The molecule has 0 aliphatic rings. The Kier molecular flexibility index (Phi) is 7.56. The van der Waals surface area contributed by atoms with E-state index in [2.05, 4.69) is 35.7 Å². The molecular formula is C16H28N4O2S2. The van der Waals surface area contributed by atoms with Crippen molar-refractivity contribution >= 4 is 27.7 Å². The molecule has 1 aromatic rings. The van der Waals surface area contributed by atoms with Gasteiger partial charge in [0.1, 0.15) is 0 Å². The average Bonchev–Trinajstić information content (AvgIpc) is 2.55. The molecule has 2 N–H and O–H groups in total. The number of hydrogen-bond acceptors (Lipinski definition) is 4. The second-order valence-corrected chi connectivity index (χ2v) is 9.84. The molecule has 1 aromatic carbocycles. The second-order valence-electron chi connectivity index (χ2n) is 6.17. The van der Waals surface area contributed by atoms with E-state index in [1.807, 2.05) is 12.1 Å². The van der Waals surface area contributed by atoms with Gasteiger partial charge in [-0.1, -0.05) is 12.1 Å². The highest BCUT2D eigenvalue weighted by Gasteiger charge is 2.17. The fourth-order valence-electron chi connectivity index (χ4n) is 1.77. The van der Waals surface area contributed by atoms with Crippen LogP contribution in [0.1, 0.15) is 19.4 Å². The fraction of sp³-hybridized carbons (Fsp3) is 0.562. The Morgan fingerprint density at radius 3 is 2.25 bits per heavy atom. The number of nitrogens with one attached hydrogen (secondary N) is 2. The lowest BCUT2D eigenvalue weighted by Gasteiger charge is -2.23. The monoisotopic (exact) mass is 372 g/mol. The Balaban J connectivity index is 2.64. The van der Waals surface area contributed by atoms with Gasteiger partial charge in [0.2, 0.25) is 10.0 Å². The molecule has 0 aromatic heterocycles. The van der Waals surface area contributed by atoms with Crippen LogP contribution in [-0.2, 0) is 16.6 Å². The summed E-state index contributed by atoms with van der Waals surface area (Å²) >= 11 is 1.79. The lowest BCUT2D eigenvalue weighted by atomic mass is 10.2. The van der Waals surface area contributed by atoms with Gasteiger partial charge in [0.25, 0.3) is 0 Å². The summed E-state index contributed by atoms with van der Waals surface area (Å²) in [7, 11) is 1.40. The minimum Gasteiger partial charge on any atom is -0.355 e. The summed E-state index contributed by atoms with van der Waals surface area (Å²) in [5.74, 6) is 0.724. The van der Waals surface area contributed by atoms with E-state index in [0.29, 0.717) is 11.4 Å². The van der Waals surface area contributed by atoms with E-state index < -0.39 is 10.0 Å². The third-order valence-corrected chi connectivity index (χ3v) is 6.70. The van der Waals surface area contributed by atoms with Crippen LogP contribution in [0.25, 0.3) is 0 Å². The van der Waals surface area contributed by atoms with Crippen LogP contribution in [0.15, 0.2) is 34.2 Å². The van der Waals surface area contributed by atoms with E-state index in [1.54, 1.807) is 30.9 Å². The molecule has 0 aliphatic heterocycles. The first kappa shape index (κ1) is 20.8. The van der Waals surface area contributed by atoms with Gasteiger partial charge >= 0.3 is 0 Å². The quantitative estimate of drug-likeness (QED) is 0.563. The third kappa shape index (κ3) is 5.99. The van der Waals surface area contributed by atoms with Crippen LogP contribution in [0, 0.1) is 0 Å². The van der Waals surface area contributed by atoms with Crippen molar-refractivity contribution in [2.24, 2.45) is 4.99 Å². The van der Waals surface area contributed by atoms with E-state index in [0.717, 1.165) is 18.1 Å². The predicted octanol–water partition coefficient (Wildman–Crippen LogP) is 1.74. The van der Waals surface area contributed by atoms with Crippen LogP contribution in [0.5, 0.6) is 0 Å². The van der Waals surface area contributed by atoms with Crippen molar-refractivity contribution in [3.8, 4) is 0 Å².